The van der Waals surface area contributed by atoms with Gasteiger partial charge in [-0.25, -0.2) is 4.39 Å². The Labute approximate surface area is 187 Å². The normalized spacial score (nSPS) is 31.2. The Morgan fingerprint density at radius 2 is 1.53 bits per heavy atom. The molecular formula is C26H30FNO4. The van der Waals surface area contributed by atoms with Crippen molar-refractivity contribution in [1.29, 1.82) is 0 Å². The molecule has 0 amide bonds. The Hall–Kier alpha value is -2.73. The predicted molar refractivity (Wildman–Crippen MR) is 119 cm³/mol. The molecule has 2 N–H and O–H groups in total. The van der Waals surface area contributed by atoms with Crippen LogP contribution in [0.3, 0.4) is 0 Å². The van der Waals surface area contributed by atoms with E-state index in [1.807, 2.05) is 37.3 Å². The summed E-state index contributed by atoms with van der Waals surface area (Å²) in [7, 11) is 0. The van der Waals surface area contributed by atoms with Gasteiger partial charge in [0.2, 0.25) is 0 Å². The summed E-state index contributed by atoms with van der Waals surface area (Å²) in [5.41, 5.74) is -0.374. The lowest BCUT2D eigenvalue weighted by Gasteiger charge is -2.49. The second-order valence-electron chi connectivity index (χ2n) is 9.41. The van der Waals surface area contributed by atoms with Gasteiger partial charge < -0.3 is 15.1 Å². The van der Waals surface area contributed by atoms with E-state index in [1.54, 1.807) is 12.1 Å². The lowest BCUT2D eigenvalue weighted by atomic mass is 9.65. The summed E-state index contributed by atoms with van der Waals surface area (Å²) < 4.78 is 13.4. The van der Waals surface area contributed by atoms with E-state index in [-0.39, 0.29) is 17.8 Å². The number of carbonyl (C=O) groups is 2. The Morgan fingerprint density at radius 3 is 2.06 bits per heavy atom. The van der Waals surface area contributed by atoms with E-state index in [9.17, 15) is 24.2 Å². The monoisotopic (exact) mass is 439 g/mol. The van der Waals surface area contributed by atoms with Gasteiger partial charge in [0.1, 0.15) is 5.82 Å². The van der Waals surface area contributed by atoms with Crippen LogP contribution in [0.5, 0.6) is 0 Å². The van der Waals surface area contributed by atoms with Crippen LogP contribution in [0.4, 0.5) is 4.39 Å². The first-order valence-corrected chi connectivity index (χ1v) is 11.3. The van der Waals surface area contributed by atoms with E-state index in [1.165, 1.54) is 12.1 Å². The number of carboxylic acid groups (broad SMARTS) is 2. The molecule has 0 radical (unpaired) electrons. The van der Waals surface area contributed by atoms with E-state index in [0.29, 0.717) is 37.9 Å². The molecule has 1 aliphatic heterocycles. The van der Waals surface area contributed by atoms with E-state index >= 15 is 0 Å². The smallest absolute Gasteiger partial charge is 0.314 e. The summed E-state index contributed by atoms with van der Waals surface area (Å²) in [6.07, 6.45) is 2.97. The molecule has 0 spiro atoms. The van der Waals surface area contributed by atoms with Crippen LogP contribution >= 0.6 is 0 Å². The highest BCUT2D eigenvalue weighted by Crippen LogP contribution is 2.45. The molecule has 2 aromatic carbocycles. The zero-order chi connectivity index (χ0) is 22.9. The van der Waals surface area contributed by atoms with Crippen molar-refractivity contribution in [2.75, 3.05) is 13.1 Å². The average molecular weight is 440 g/mol. The predicted octanol–water partition coefficient (Wildman–Crippen LogP) is 4.46. The first kappa shape index (κ1) is 22.5. The van der Waals surface area contributed by atoms with Crippen LogP contribution in [0.1, 0.15) is 50.2 Å². The van der Waals surface area contributed by atoms with Gasteiger partial charge in [-0.2, -0.15) is 0 Å². The molecule has 5 nitrogen and oxygen atoms in total. The number of hydrogen-bond acceptors (Lipinski definition) is 3. The van der Waals surface area contributed by atoms with Crippen molar-refractivity contribution in [3.8, 4) is 0 Å². The molecule has 170 valence electrons. The highest BCUT2D eigenvalue weighted by molar-refractivity contribution is 5.82. The largest absolute Gasteiger partial charge is 0.481 e. The van der Waals surface area contributed by atoms with Gasteiger partial charge in [-0.3, -0.25) is 9.59 Å². The molecule has 2 aliphatic rings. The molecule has 0 aromatic heterocycles. The fourth-order valence-electron chi connectivity index (χ4n) is 5.96. The van der Waals surface area contributed by atoms with Crippen molar-refractivity contribution < 1.29 is 24.2 Å². The summed E-state index contributed by atoms with van der Waals surface area (Å²) in [5.74, 6) is -2.07. The van der Waals surface area contributed by atoms with Crippen molar-refractivity contribution in [2.45, 2.75) is 55.9 Å². The van der Waals surface area contributed by atoms with Crippen molar-refractivity contribution >= 4 is 11.9 Å². The van der Waals surface area contributed by atoms with Crippen molar-refractivity contribution in [2.24, 2.45) is 5.92 Å². The molecule has 4 rings (SSSR count). The van der Waals surface area contributed by atoms with Gasteiger partial charge in [0.05, 0.1) is 10.8 Å². The first-order valence-electron chi connectivity index (χ1n) is 11.3. The fourth-order valence-corrected chi connectivity index (χ4v) is 5.96. The van der Waals surface area contributed by atoms with Crippen LogP contribution in [0.25, 0.3) is 0 Å². The molecule has 1 saturated carbocycles. The third kappa shape index (κ3) is 3.71. The summed E-state index contributed by atoms with van der Waals surface area (Å²) in [6, 6.07) is 15.6. The second-order valence-corrected chi connectivity index (χ2v) is 9.41. The lowest BCUT2D eigenvalue weighted by Crippen LogP contribution is -2.56. The summed E-state index contributed by atoms with van der Waals surface area (Å²) in [4.78, 5) is 27.0. The van der Waals surface area contributed by atoms with Crippen molar-refractivity contribution in [1.82, 2.24) is 4.90 Å². The molecule has 0 unspecified atom stereocenters. The minimum atomic E-state index is -0.986. The number of benzene rings is 2. The van der Waals surface area contributed by atoms with Gasteiger partial charge in [0, 0.05) is 12.6 Å². The van der Waals surface area contributed by atoms with Gasteiger partial charge in [-0.15, -0.1) is 0 Å². The van der Waals surface area contributed by atoms with Crippen LogP contribution in [0, 0.1) is 11.7 Å². The number of nitrogens with zero attached hydrogens (tertiary/aromatic N) is 1. The third-order valence-electron chi connectivity index (χ3n) is 7.94. The number of carboxylic acids is 2. The molecule has 2 aromatic rings. The molecule has 6 heteroatoms. The lowest BCUT2D eigenvalue weighted by molar-refractivity contribution is -0.150. The van der Waals surface area contributed by atoms with Gasteiger partial charge in [-0.05, 0) is 67.8 Å². The molecule has 1 heterocycles. The molecule has 2 atom stereocenters. The second kappa shape index (κ2) is 8.66. The van der Waals surface area contributed by atoms with E-state index in [0.717, 1.165) is 18.4 Å². The minimum Gasteiger partial charge on any atom is -0.481 e. The summed E-state index contributed by atoms with van der Waals surface area (Å²) in [5, 5.41) is 20.2. The molecule has 2 fully saturated rings. The number of likely N-dealkylation sites (tertiary alicyclic amines) is 1. The quantitative estimate of drug-likeness (QED) is 0.720. The minimum absolute atomic E-state index is 0.0700. The SMILES string of the molecule is C[C@H]1CN(C2CCC(C(=O)O)(c3ccc(F)cc3)CC2)CC[C@@]1(C(=O)O)c1ccccc1. The third-order valence-corrected chi connectivity index (χ3v) is 7.94. The first-order chi connectivity index (χ1) is 15.3. The highest BCUT2D eigenvalue weighted by Gasteiger charge is 2.50. The molecule has 32 heavy (non-hydrogen) atoms. The number of hydrogen-bond donors (Lipinski definition) is 2. The van der Waals surface area contributed by atoms with Gasteiger partial charge in [-0.1, -0.05) is 49.4 Å². The molecule has 1 aliphatic carbocycles. The number of halogens is 1. The number of rotatable bonds is 5. The van der Waals surface area contributed by atoms with Crippen LogP contribution in [-0.2, 0) is 20.4 Å². The maximum absolute atomic E-state index is 13.4. The Balaban J connectivity index is 1.49. The average Bonchev–Trinajstić information content (AvgIpc) is 2.80. The zero-order valence-corrected chi connectivity index (χ0v) is 18.3. The topological polar surface area (TPSA) is 77.8 Å². The van der Waals surface area contributed by atoms with Crippen LogP contribution < -0.4 is 0 Å². The van der Waals surface area contributed by atoms with Gasteiger partial charge in [0.15, 0.2) is 0 Å². The number of piperidine rings is 1. The molecule has 1 saturated heterocycles. The zero-order valence-electron chi connectivity index (χ0n) is 18.3. The Morgan fingerprint density at radius 1 is 0.906 bits per heavy atom. The highest BCUT2D eigenvalue weighted by atomic mass is 19.1. The summed E-state index contributed by atoms with van der Waals surface area (Å²) >= 11 is 0. The van der Waals surface area contributed by atoms with Crippen molar-refractivity contribution in [3.05, 3.63) is 71.5 Å². The van der Waals surface area contributed by atoms with Crippen LogP contribution in [0.2, 0.25) is 0 Å². The van der Waals surface area contributed by atoms with Gasteiger partial charge in [0.25, 0.3) is 0 Å². The fraction of sp³-hybridized carbons (Fsp3) is 0.462. The van der Waals surface area contributed by atoms with Crippen LogP contribution in [-0.4, -0.2) is 46.2 Å². The maximum Gasteiger partial charge on any atom is 0.314 e. The standard InChI is InChI=1S/C26H30FNO4/c1-18-17-28(16-15-26(18,24(31)32)20-5-3-2-4-6-20)22-11-13-25(14-12-22,23(29)30)19-7-9-21(27)10-8-19/h2-10,18,22H,11-17H2,1H3,(H,29,30)(H,31,32)/t18-,22?,25?,26-/m0/s1. The van der Waals surface area contributed by atoms with Gasteiger partial charge >= 0.3 is 11.9 Å². The van der Waals surface area contributed by atoms with Crippen molar-refractivity contribution in [3.63, 3.8) is 0 Å². The van der Waals surface area contributed by atoms with E-state index in [2.05, 4.69) is 4.90 Å². The number of aliphatic carboxylic acids is 2. The molecular weight excluding hydrogens is 409 g/mol. The van der Waals surface area contributed by atoms with E-state index in [4.69, 9.17) is 0 Å². The molecule has 0 bridgehead atoms. The Bertz CT molecular complexity index is 969. The summed E-state index contributed by atoms with van der Waals surface area (Å²) in [6.45, 7) is 3.35. The Kier molecular flexibility index (Phi) is 6.08. The van der Waals surface area contributed by atoms with E-state index < -0.39 is 22.8 Å². The van der Waals surface area contributed by atoms with Crippen LogP contribution in [0.15, 0.2) is 54.6 Å². The maximum atomic E-state index is 13.4.